The molecule has 21 heavy (non-hydrogen) atoms. The van der Waals surface area contributed by atoms with Gasteiger partial charge in [0.15, 0.2) is 0 Å². The molecule has 2 aromatic rings. The van der Waals surface area contributed by atoms with Crippen molar-refractivity contribution in [2.45, 2.75) is 38.3 Å². The number of pyridine rings is 1. The van der Waals surface area contributed by atoms with Gasteiger partial charge in [-0.2, -0.15) is 0 Å². The number of hydrogen-bond acceptors (Lipinski definition) is 5. The molecule has 7 heteroatoms. The predicted octanol–water partition coefficient (Wildman–Crippen LogP) is 2.28. The van der Waals surface area contributed by atoms with Crippen molar-refractivity contribution in [2.75, 3.05) is 4.72 Å². The Hall–Kier alpha value is -1.86. The summed E-state index contributed by atoms with van der Waals surface area (Å²) in [6.07, 6.45) is 3.03. The molecule has 0 amide bonds. The lowest BCUT2D eigenvalue weighted by Gasteiger charge is -2.05. The van der Waals surface area contributed by atoms with Crippen molar-refractivity contribution >= 4 is 15.7 Å². The maximum atomic E-state index is 12.4. The summed E-state index contributed by atoms with van der Waals surface area (Å²) in [4.78, 5) is 4.02. The molecule has 0 aliphatic rings. The number of nitrogens with one attached hydrogen (secondary N) is 2. The minimum atomic E-state index is -3.67. The fourth-order valence-electron chi connectivity index (χ4n) is 1.82. The summed E-state index contributed by atoms with van der Waals surface area (Å²) in [6.45, 7) is 6.15. The van der Waals surface area contributed by atoms with E-state index in [1.807, 2.05) is 13.8 Å². The highest BCUT2D eigenvalue weighted by Crippen LogP contribution is 2.22. The van der Waals surface area contributed by atoms with E-state index in [1.165, 1.54) is 6.20 Å². The van der Waals surface area contributed by atoms with Crippen LogP contribution in [-0.4, -0.2) is 19.4 Å². The zero-order valence-corrected chi connectivity index (χ0v) is 13.1. The number of nitrogens with zero attached hydrogens (tertiary/aromatic N) is 1. The molecule has 2 heterocycles. The zero-order valence-electron chi connectivity index (χ0n) is 12.3. The molecule has 0 spiro atoms. The molecule has 0 fully saturated rings. The maximum Gasteiger partial charge on any atom is 0.265 e. The quantitative estimate of drug-likeness (QED) is 0.855. The topological polar surface area (TPSA) is 84.2 Å². The Kier molecular flexibility index (Phi) is 4.64. The third-order valence-electron chi connectivity index (χ3n) is 2.81. The molecule has 0 aromatic carbocycles. The Morgan fingerprint density at radius 1 is 1.38 bits per heavy atom. The van der Waals surface area contributed by atoms with Gasteiger partial charge in [-0.05, 0) is 19.1 Å². The summed E-state index contributed by atoms with van der Waals surface area (Å²) in [6, 6.07) is 5.15. The van der Waals surface area contributed by atoms with Gasteiger partial charge < -0.3 is 9.73 Å². The first-order chi connectivity index (χ1) is 9.88. The first kappa shape index (κ1) is 15.5. The number of rotatable bonds is 6. The molecule has 0 bridgehead atoms. The summed E-state index contributed by atoms with van der Waals surface area (Å²) in [5.74, 6) is 0.958. The minimum Gasteiger partial charge on any atom is -0.464 e. The lowest BCUT2D eigenvalue weighted by molar-refractivity contribution is 0.444. The smallest absolute Gasteiger partial charge is 0.265 e. The van der Waals surface area contributed by atoms with Crippen LogP contribution in [0.15, 0.2) is 39.9 Å². The van der Waals surface area contributed by atoms with Crippen LogP contribution in [0.3, 0.4) is 0 Å². The SMILES string of the molecule is Cc1oc(CNC(C)C)cc1S(=O)(=O)Nc1cccnc1. The fraction of sp³-hybridized carbons (Fsp3) is 0.357. The van der Waals surface area contributed by atoms with Gasteiger partial charge in [0.2, 0.25) is 0 Å². The predicted molar refractivity (Wildman–Crippen MR) is 80.5 cm³/mol. The second-order valence-corrected chi connectivity index (χ2v) is 6.67. The van der Waals surface area contributed by atoms with Crippen molar-refractivity contribution in [3.8, 4) is 0 Å². The van der Waals surface area contributed by atoms with Gasteiger partial charge in [-0.25, -0.2) is 8.42 Å². The van der Waals surface area contributed by atoms with Crippen molar-refractivity contribution in [2.24, 2.45) is 0 Å². The Labute approximate surface area is 124 Å². The van der Waals surface area contributed by atoms with Gasteiger partial charge in [0.05, 0.1) is 18.4 Å². The summed E-state index contributed by atoms with van der Waals surface area (Å²) in [5, 5.41) is 3.18. The monoisotopic (exact) mass is 309 g/mol. The Morgan fingerprint density at radius 3 is 2.76 bits per heavy atom. The highest BCUT2D eigenvalue weighted by molar-refractivity contribution is 7.92. The average molecular weight is 309 g/mol. The van der Waals surface area contributed by atoms with Gasteiger partial charge in [-0.1, -0.05) is 13.8 Å². The molecule has 0 saturated carbocycles. The van der Waals surface area contributed by atoms with Crippen LogP contribution in [0.5, 0.6) is 0 Å². The van der Waals surface area contributed by atoms with Crippen LogP contribution in [0.1, 0.15) is 25.4 Å². The summed E-state index contributed by atoms with van der Waals surface area (Å²) in [7, 11) is -3.67. The van der Waals surface area contributed by atoms with E-state index in [0.717, 1.165) is 0 Å². The molecule has 0 aliphatic carbocycles. The molecule has 0 saturated heterocycles. The first-order valence-corrected chi connectivity index (χ1v) is 8.12. The van der Waals surface area contributed by atoms with Gasteiger partial charge in [0.25, 0.3) is 10.0 Å². The summed E-state index contributed by atoms with van der Waals surface area (Å²) >= 11 is 0. The standard InChI is InChI=1S/C14H19N3O3S/c1-10(2)16-9-13-7-14(11(3)20-13)21(18,19)17-12-5-4-6-15-8-12/h4-8,10,16-17H,9H2,1-3H3. The minimum absolute atomic E-state index is 0.145. The molecule has 0 unspecified atom stereocenters. The molecule has 0 aliphatic heterocycles. The van der Waals surface area contributed by atoms with E-state index in [0.29, 0.717) is 29.8 Å². The molecule has 2 rings (SSSR count). The number of sulfonamides is 1. The number of anilines is 1. The van der Waals surface area contributed by atoms with Gasteiger partial charge >= 0.3 is 0 Å². The van der Waals surface area contributed by atoms with Crippen LogP contribution in [0.2, 0.25) is 0 Å². The molecule has 0 atom stereocenters. The number of aromatic nitrogens is 1. The molecule has 2 aromatic heterocycles. The van der Waals surface area contributed by atoms with Crippen LogP contribution in [-0.2, 0) is 16.6 Å². The lowest BCUT2D eigenvalue weighted by Crippen LogP contribution is -2.21. The van der Waals surface area contributed by atoms with Crippen LogP contribution in [0.4, 0.5) is 5.69 Å². The van der Waals surface area contributed by atoms with Crippen molar-refractivity contribution < 1.29 is 12.8 Å². The fourth-order valence-corrected chi connectivity index (χ4v) is 3.06. The number of aryl methyl sites for hydroxylation is 1. The highest BCUT2D eigenvalue weighted by Gasteiger charge is 2.21. The zero-order chi connectivity index (χ0) is 15.5. The normalized spacial score (nSPS) is 11.8. The van der Waals surface area contributed by atoms with E-state index < -0.39 is 10.0 Å². The second kappa shape index (κ2) is 6.28. The van der Waals surface area contributed by atoms with E-state index in [9.17, 15) is 8.42 Å². The van der Waals surface area contributed by atoms with E-state index >= 15 is 0 Å². The molecule has 0 radical (unpaired) electrons. The van der Waals surface area contributed by atoms with Crippen molar-refractivity contribution in [3.05, 3.63) is 42.1 Å². The largest absolute Gasteiger partial charge is 0.464 e. The van der Waals surface area contributed by atoms with E-state index in [2.05, 4.69) is 15.0 Å². The Bertz CT molecular complexity index is 694. The van der Waals surface area contributed by atoms with Crippen LogP contribution < -0.4 is 10.0 Å². The molecular weight excluding hydrogens is 290 g/mol. The van der Waals surface area contributed by atoms with Crippen molar-refractivity contribution in [3.63, 3.8) is 0 Å². The highest BCUT2D eigenvalue weighted by atomic mass is 32.2. The first-order valence-electron chi connectivity index (χ1n) is 6.64. The Balaban J connectivity index is 2.20. The van der Waals surface area contributed by atoms with Gasteiger partial charge in [-0.3, -0.25) is 9.71 Å². The third kappa shape index (κ3) is 4.05. The van der Waals surface area contributed by atoms with Gasteiger partial charge in [0.1, 0.15) is 16.4 Å². The molecule has 114 valence electrons. The van der Waals surface area contributed by atoms with Crippen LogP contribution in [0, 0.1) is 6.92 Å². The molecule has 6 nitrogen and oxygen atoms in total. The maximum absolute atomic E-state index is 12.4. The lowest BCUT2D eigenvalue weighted by atomic mass is 10.3. The van der Waals surface area contributed by atoms with Gasteiger partial charge in [0, 0.05) is 18.3 Å². The Morgan fingerprint density at radius 2 is 2.14 bits per heavy atom. The van der Waals surface area contributed by atoms with E-state index in [-0.39, 0.29) is 4.90 Å². The number of hydrogen-bond donors (Lipinski definition) is 2. The van der Waals surface area contributed by atoms with Crippen LogP contribution >= 0.6 is 0 Å². The van der Waals surface area contributed by atoms with Crippen molar-refractivity contribution in [1.82, 2.24) is 10.3 Å². The number of furan rings is 1. The molecular formula is C14H19N3O3S. The van der Waals surface area contributed by atoms with Gasteiger partial charge in [-0.15, -0.1) is 0 Å². The second-order valence-electron chi connectivity index (χ2n) is 5.02. The average Bonchev–Trinajstić information content (AvgIpc) is 2.79. The van der Waals surface area contributed by atoms with E-state index in [4.69, 9.17) is 4.42 Å². The third-order valence-corrected chi connectivity index (χ3v) is 4.30. The summed E-state index contributed by atoms with van der Waals surface area (Å²) < 4.78 is 32.7. The van der Waals surface area contributed by atoms with E-state index in [1.54, 1.807) is 31.3 Å². The van der Waals surface area contributed by atoms with Crippen molar-refractivity contribution in [1.29, 1.82) is 0 Å². The summed E-state index contributed by atoms with van der Waals surface area (Å²) in [5.41, 5.74) is 0.417. The molecule has 2 N–H and O–H groups in total. The van der Waals surface area contributed by atoms with Crippen LogP contribution in [0.25, 0.3) is 0 Å².